The molecule has 0 bridgehead atoms. The van der Waals surface area contributed by atoms with Gasteiger partial charge in [-0.1, -0.05) is 6.07 Å². The van der Waals surface area contributed by atoms with Gasteiger partial charge in [-0.15, -0.1) is 0 Å². The van der Waals surface area contributed by atoms with E-state index >= 15 is 0 Å². The number of anilines is 1. The molecule has 1 atom stereocenters. The smallest absolute Gasteiger partial charge is 0.428 e. The molecule has 3 N–H and O–H groups in total. The van der Waals surface area contributed by atoms with Gasteiger partial charge in [0.1, 0.15) is 12.3 Å². The van der Waals surface area contributed by atoms with E-state index in [-0.39, 0.29) is 30.1 Å². The third kappa shape index (κ3) is 3.73. The van der Waals surface area contributed by atoms with Crippen molar-refractivity contribution in [3.05, 3.63) is 29.3 Å². The Hall–Kier alpha value is -2.78. The lowest BCUT2D eigenvalue weighted by Crippen LogP contribution is -2.42. The van der Waals surface area contributed by atoms with Gasteiger partial charge in [0.05, 0.1) is 11.5 Å². The lowest BCUT2D eigenvalue weighted by molar-refractivity contribution is -0.137. The van der Waals surface area contributed by atoms with Gasteiger partial charge in [0.2, 0.25) is 5.91 Å². The molecule has 7 nitrogen and oxygen atoms in total. The zero-order chi connectivity index (χ0) is 18.9. The second-order valence-electron chi connectivity index (χ2n) is 6.16. The summed E-state index contributed by atoms with van der Waals surface area (Å²) in [6, 6.07) is 3.81. The van der Waals surface area contributed by atoms with Crippen molar-refractivity contribution in [3.63, 3.8) is 0 Å². The number of hydrogen-bond donors (Lipinski definition) is 2. The maximum Gasteiger partial charge on any atom is 0.428 e. The van der Waals surface area contributed by atoms with Crippen molar-refractivity contribution in [2.75, 3.05) is 24.6 Å². The van der Waals surface area contributed by atoms with Gasteiger partial charge in [0, 0.05) is 24.3 Å². The molecule has 26 heavy (non-hydrogen) atoms. The third-order valence-corrected chi connectivity index (χ3v) is 4.42. The van der Waals surface area contributed by atoms with Crippen LogP contribution in [0.15, 0.2) is 23.3 Å². The number of nitrogens with two attached hydrogens (primary N) is 1. The van der Waals surface area contributed by atoms with Gasteiger partial charge in [-0.2, -0.15) is 18.3 Å². The van der Waals surface area contributed by atoms with Gasteiger partial charge in [0.15, 0.2) is 0 Å². The first-order chi connectivity index (χ1) is 12.3. The van der Waals surface area contributed by atoms with Gasteiger partial charge in [-0.25, -0.2) is 10.2 Å². The summed E-state index contributed by atoms with van der Waals surface area (Å²) in [6.45, 7) is 0.347. The number of hydrazone groups is 1. The largest absolute Gasteiger partial charge is 0.442 e. The summed E-state index contributed by atoms with van der Waals surface area (Å²) in [5.41, 5.74) is 6.93. The van der Waals surface area contributed by atoms with Gasteiger partial charge in [-0.3, -0.25) is 4.79 Å². The summed E-state index contributed by atoms with van der Waals surface area (Å²) in [6.07, 6.45) is -4.20. The molecule has 2 aliphatic rings. The zero-order valence-electron chi connectivity index (χ0n) is 13.7. The highest BCUT2D eigenvalue weighted by Crippen LogP contribution is 2.38. The first-order valence-corrected chi connectivity index (χ1v) is 8.01. The molecule has 10 heteroatoms. The molecule has 1 aromatic carbocycles. The second-order valence-corrected chi connectivity index (χ2v) is 6.16. The monoisotopic (exact) mass is 370 g/mol. The Morgan fingerprint density at radius 3 is 2.77 bits per heavy atom. The summed E-state index contributed by atoms with van der Waals surface area (Å²) in [5.74, 6) is -0.986. The molecule has 1 unspecified atom stereocenters. The maximum atomic E-state index is 13.6. The van der Waals surface area contributed by atoms with Crippen molar-refractivity contribution >= 4 is 23.4 Å². The number of carbonyl (C=O) groups is 2. The molecule has 0 aliphatic carbocycles. The number of piperidine rings is 1. The minimum Gasteiger partial charge on any atom is -0.442 e. The molecule has 0 aromatic heterocycles. The van der Waals surface area contributed by atoms with Crippen molar-refractivity contribution in [3.8, 4) is 0 Å². The zero-order valence-corrected chi connectivity index (χ0v) is 13.7. The third-order valence-electron chi connectivity index (χ3n) is 4.42. The Bertz CT molecular complexity index is 764. The van der Waals surface area contributed by atoms with Crippen LogP contribution in [0.25, 0.3) is 0 Å². The molecule has 1 aromatic rings. The van der Waals surface area contributed by atoms with Crippen LogP contribution in [0, 0.1) is 5.92 Å². The number of halogens is 3. The highest BCUT2D eigenvalue weighted by molar-refractivity contribution is 6.04. The highest BCUT2D eigenvalue weighted by atomic mass is 19.4. The number of amides is 2. The summed E-state index contributed by atoms with van der Waals surface area (Å²) >= 11 is 0. The number of cyclic esters (lactones) is 1. The minimum absolute atomic E-state index is 0.00596. The molecule has 1 fully saturated rings. The molecule has 0 radical (unpaired) electrons. The average Bonchev–Trinajstić information content (AvgIpc) is 2.61. The van der Waals surface area contributed by atoms with Gasteiger partial charge in [0.25, 0.3) is 0 Å². The van der Waals surface area contributed by atoms with E-state index in [9.17, 15) is 22.8 Å². The first-order valence-electron chi connectivity index (χ1n) is 8.01. The van der Waals surface area contributed by atoms with Crippen LogP contribution in [0.2, 0.25) is 0 Å². The van der Waals surface area contributed by atoms with E-state index < -0.39 is 29.7 Å². The Morgan fingerprint density at radius 1 is 1.38 bits per heavy atom. The van der Waals surface area contributed by atoms with Crippen LogP contribution in [0.5, 0.6) is 0 Å². The minimum atomic E-state index is -4.59. The Labute approximate surface area is 147 Å². The SMILES string of the molecule is NC(=O)C1CCCN(c2ccc(C3=NNC(=O)OC3)cc2C(F)(F)F)C1. The number of rotatable bonds is 3. The van der Waals surface area contributed by atoms with Crippen molar-refractivity contribution < 1.29 is 27.5 Å². The number of ether oxygens (including phenoxy) is 1. The number of carbonyl (C=O) groups excluding carboxylic acids is 2. The van der Waals surface area contributed by atoms with Gasteiger partial charge >= 0.3 is 12.3 Å². The lowest BCUT2D eigenvalue weighted by Gasteiger charge is -2.34. The molecule has 3 rings (SSSR count). The highest BCUT2D eigenvalue weighted by Gasteiger charge is 2.37. The van der Waals surface area contributed by atoms with E-state index in [2.05, 4.69) is 10.5 Å². The van der Waals surface area contributed by atoms with E-state index in [1.807, 2.05) is 0 Å². The summed E-state index contributed by atoms with van der Waals surface area (Å²) < 4.78 is 45.6. The fourth-order valence-electron chi connectivity index (χ4n) is 3.11. The number of alkyl halides is 3. The Balaban J connectivity index is 1.95. The molecule has 0 saturated carbocycles. The van der Waals surface area contributed by atoms with Gasteiger partial charge < -0.3 is 15.4 Å². The summed E-state index contributed by atoms with van der Waals surface area (Å²) in [5, 5.41) is 3.73. The number of primary amides is 1. The predicted octanol–water partition coefficient (Wildman–Crippen LogP) is 1.85. The van der Waals surface area contributed by atoms with E-state index in [1.54, 1.807) is 0 Å². The molecule has 2 aliphatic heterocycles. The number of nitrogens with zero attached hydrogens (tertiary/aromatic N) is 2. The van der Waals surface area contributed by atoms with Crippen LogP contribution >= 0.6 is 0 Å². The molecule has 1 saturated heterocycles. The molecule has 2 amide bonds. The van der Waals surface area contributed by atoms with Crippen LogP contribution < -0.4 is 16.1 Å². The van der Waals surface area contributed by atoms with Crippen molar-refractivity contribution in [2.24, 2.45) is 16.8 Å². The fourth-order valence-corrected chi connectivity index (χ4v) is 3.11. The lowest BCUT2D eigenvalue weighted by atomic mass is 9.95. The topological polar surface area (TPSA) is 97.0 Å². The van der Waals surface area contributed by atoms with E-state index in [0.717, 1.165) is 6.07 Å². The second kappa shape index (κ2) is 6.85. The van der Waals surface area contributed by atoms with Gasteiger partial charge in [-0.05, 0) is 25.0 Å². The number of hydrogen-bond acceptors (Lipinski definition) is 5. The van der Waals surface area contributed by atoms with Crippen LogP contribution in [0.4, 0.5) is 23.7 Å². The molecule has 140 valence electrons. The van der Waals surface area contributed by atoms with E-state index in [0.29, 0.717) is 19.4 Å². The van der Waals surface area contributed by atoms with Crippen LogP contribution in [0.1, 0.15) is 24.0 Å². The summed E-state index contributed by atoms with van der Waals surface area (Å²) in [4.78, 5) is 23.9. The van der Waals surface area contributed by atoms with Crippen molar-refractivity contribution in [1.29, 1.82) is 0 Å². The first kappa shape index (κ1) is 18.0. The van der Waals surface area contributed by atoms with E-state index in [4.69, 9.17) is 10.5 Å². The Kier molecular flexibility index (Phi) is 4.75. The fraction of sp³-hybridized carbons (Fsp3) is 0.438. The maximum absolute atomic E-state index is 13.6. The molecular formula is C16H17F3N4O3. The summed E-state index contributed by atoms with van der Waals surface area (Å²) in [7, 11) is 0. The Morgan fingerprint density at radius 2 is 2.15 bits per heavy atom. The number of benzene rings is 1. The molecular weight excluding hydrogens is 353 g/mol. The average molecular weight is 370 g/mol. The van der Waals surface area contributed by atoms with E-state index in [1.165, 1.54) is 17.0 Å². The number of nitrogens with one attached hydrogen (secondary N) is 1. The van der Waals surface area contributed by atoms with Crippen LogP contribution in [0.3, 0.4) is 0 Å². The normalized spacial score (nSPS) is 20.9. The predicted molar refractivity (Wildman–Crippen MR) is 86.6 cm³/mol. The van der Waals surface area contributed by atoms with Crippen LogP contribution in [-0.4, -0.2) is 37.4 Å². The van der Waals surface area contributed by atoms with Crippen LogP contribution in [-0.2, 0) is 15.7 Å². The standard InChI is InChI=1S/C16H17F3N4O3/c17-16(18,19)11-6-9(12-8-26-15(25)22-21-12)3-4-13(11)23-5-1-2-10(7-23)14(20)24/h3-4,6,10H,1-2,5,7-8H2,(H2,20,24)(H,22,25). The van der Waals surface area contributed by atoms with Crippen molar-refractivity contribution in [1.82, 2.24) is 5.43 Å². The molecule has 0 spiro atoms. The molecule has 2 heterocycles. The van der Waals surface area contributed by atoms with Crippen molar-refractivity contribution in [2.45, 2.75) is 19.0 Å². The quantitative estimate of drug-likeness (QED) is 0.849.